The molecule has 1 aliphatic rings. The molecule has 1 aliphatic carbocycles. The van der Waals surface area contributed by atoms with Crippen molar-refractivity contribution in [2.24, 2.45) is 0 Å². The van der Waals surface area contributed by atoms with Crippen LogP contribution in [0.5, 0.6) is 5.75 Å². The van der Waals surface area contributed by atoms with Crippen molar-refractivity contribution in [1.29, 1.82) is 0 Å². The molecular weight excluding hydrogens is 282 g/mol. The van der Waals surface area contributed by atoms with Crippen molar-refractivity contribution in [2.75, 3.05) is 6.61 Å². The molecule has 0 spiro atoms. The van der Waals surface area contributed by atoms with E-state index >= 15 is 0 Å². The fraction of sp³-hybridized carbons (Fsp3) is 0.571. The van der Waals surface area contributed by atoms with Crippen LogP contribution in [0.25, 0.3) is 0 Å². The molecular formula is C14H18F2N2O3. The maximum Gasteiger partial charge on any atom is 0.272 e. The molecule has 1 heterocycles. The van der Waals surface area contributed by atoms with E-state index in [1.165, 1.54) is 18.3 Å². The number of ether oxygens (including phenoxy) is 1. The fourth-order valence-electron chi connectivity index (χ4n) is 2.31. The molecule has 7 heteroatoms. The van der Waals surface area contributed by atoms with E-state index in [0.717, 1.165) is 12.8 Å². The Kier molecular flexibility index (Phi) is 5.44. The predicted octanol–water partition coefficient (Wildman–Crippen LogP) is 1.76. The zero-order chi connectivity index (χ0) is 15.2. The molecule has 2 N–H and O–H groups in total. The first kappa shape index (κ1) is 15.6. The van der Waals surface area contributed by atoms with E-state index in [4.69, 9.17) is 4.74 Å². The smallest absolute Gasteiger partial charge is 0.272 e. The van der Waals surface area contributed by atoms with Gasteiger partial charge < -0.3 is 15.2 Å². The molecule has 2 unspecified atom stereocenters. The monoisotopic (exact) mass is 300 g/mol. The van der Waals surface area contributed by atoms with Gasteiger partial charge in [0, 0.05) is 12.3 Å². The Balaban J connectivity index is 1.96. The second kappa shape index (κ2) is 7.31. The van der Waals surface area contributed by atoms with Gasteiger partial charge in [-0.1, -0.05) is 12.8 Å². The van der Waals surface area contributed by atoms with E-state index in [2.05, 4.69) is 10.3 Å². The van der Waals surface area contributed by atoms with Gasteiger partial charge in [-0.25, -0.2) is 8.78 Å². The van der Waals surface area contributed by atoms with Crippen molar-refractivity contribution in [3.05, 3.63) is 24.0 Å². The molecule has 0 aromatic carbocycles. The normalized spacial score (nSPS) is 22.1. The molecule has 1 fully saturated rings. The second-order valence-corrected chi connectivity index (χ2v) is 5.01. The molecule has 1 aromatic rings. The highest BCUT2D eigenvalue weighted by atomic mass is 19.3. The number of aliphatic hydroxyl groups is 1. The molecule has 21 heavy (non-hydrogen) atoms. The van der Waals surface area contributed by atoms with Crippen molar-refractivity contribution in [3.8, 4) is 5.75 Å². The van der Waals surface area contributed by atoms with Crippen molar-refractivity contribution in [2.45, 2.75) is 44.3 Å². The summed E-state index contributed by atoms with van der Waals surface area (Å²) in [6, 6.07) is 2.43. The minimum Gasteiger partial charge on any atom is -0.488 e. The third-order valence-electron chi connectivity index (χ3n) is 3.39. The number of halogens is 2. The van der Waals surface area contributed by atoms with E-state index in [-0.39, 0.29) is 17.5 Å². The first-order chi connectivity index (χ1) is 10.1. The highest BCUT2D eigenvalue weighted by Gasteiger charge is 2.25. The molecule has 116 valence electrons. The summed E-state index contributed by atoms with van der Waals surface area (Å²) in [4.78, 5) is 16.0. The number of amides is 1. The number of hydrogen-bond donors (Lipinski definition) is 2. The number of rotatable bonds is 5. The van der Waals surface area contributed by atoms with Gasteiger partial charge in [-0.05, 0) is 18.9 Å². The largest absolute Gasteiger partial charge is 0.488 e. The van der Waals surface area contributed by atoms with Crippen molar-refractivity contribution in [1.82, 2.24) is 10.3 Å². The van der Waals surface area contributed by atoms with Gasteiger partial charge in [0.05, 0.1) is 12.1 Å². The Morgan fingerprint density at radius 1 is 1.48 bits per heavy atom. The lowest BCUT2D eigenvalue weighted by Gasteiger charge is -2.28. The van der Waals surface area contributed by atoms with Crippen LogP contribution in [0.4, 0.5) is 8.78 Å². The SMILES string of the molecule is O=C(NC1CCCCC1O)c1cc(OCC(F)F)ccn1. The number of pyridine rings is 1. The minimum atomic E-state index is -2.58. The average molecular weight is 300 g/mol. The van der Waals surface area contributed by atoms with Gasteiger partial charge >= 0.3 is 0 Å². The van der Waals surface area contributed by atoms with Gasteiger partial charge in [0.15, 0.2) is 0 Å². The molecule has 0 saturated heterocycles. The summed E-state index contributed by atoms with van der Waals surface area (Å²) in [5, 5.41) is 12.5. The minimum absolute atomic E-state index is 0.0829. The van der Waals surface area contributed by atoms with Crippen LogP contribution < -0.4 is 10.1 Å². The van der Waals surface area contributed by atoms with Gasteiger partial charge in [-0.3, -0.25) is 9.78 Å². The highest BCUT2D eigenvalue weighted by molar-refractivity contribution is 5.92. The summed E-state index contributed by atoms with van der Waals surface area (Å²) >= 11 is 0. The van der Waals surface area contributed by atoms with Gasteiger partial charge in [0.1, 0.15) is 18.1 Å². The number of carbonyl (C=O) groups is 1. The first-order valence-electron chi connectivity index (χ1n) is 6.92. The van der Waals surface area contributed by atoms with Gasteiger partial charge in [-0.15, -0.1) is 0 Å². The maximum atomic E-state index is 12.1. The molecule has 2 atom stereocenters. The van der Waals surface area contributed by atoms with Gasteiger partial charge in [-0.2, -0.15) is 0 Å². The number of alkyl halides is 2. The summed E-state index contributed by atoms with van der Waals surface area (Å²) in [5.74, 6) is -0.275. The van der Waals surface area contributed by atoms with Gasteiger partial charge in [0.2, 0.25) is 0 Å². The quantitative estimate of drug-likeness (QED) is 0.869. The number of aliphatic hydroxyl groups excluding tert-OH is 1. The van der Waals surface area contributed by atoms with Crippen molar-refractivity contribution in [3.63, 3.8) is 0 Å². The van der Waals surface area contributed by atoms with Crippen LogP contribution in [-0.4, -0.2) is 41.2 Å². The third-order valence-corrected chi connectivity index (χ3v) is 3.39. The van der Waals surface area contributed by atoms with Crippen LogP contribution in [0, 0.1) is 0 Å². The Morgan fingerprint density at radius 2 is 2.24 bits per heavy atom. The zero-order valence-electron chi connectivity index (χ0n) is 11.5. The van der Waals surface area contributed by atoms with Gasteiger partial charge in [0.25, 0.3) is 12.3 Å². The van der Waals surface area contributed by atoms with Crippen LogP contribution in [0.1, 0.15) is 36.2 Å². The van der Waals surface area contributed by atoms with E-state index < -0.39 is 25.0 Å². The lowest BCUT2D eigenvalue weighted by molar-refractivity contribution is 0.0712. The lowest BCUT2D eigenvalue weighted by atomic mass is 9.92. The van der Waals surface area contributed by atoms with Crippen LogP contribution in [-0.2, 0) is 0 Å². The number of aromatic nitrogens is 1. The standard InChI is InChI=1S/C14H18F2N2O3/c15-13(16)8-21-9-5-6-17-11(7-9)14(20)18-10-3-1-2-4-12(10)19/h5-7,10,12-13,19H,1-4,8H2,(H,18,20). The molecule has 1 saturated carbocycles. The number of nitrogens with zero attached hydrogens (tertiary/aromatic N) is 1. The summed E-state index contributed by atoms with van der Waals surface area (Å²) in [5.41, 5.74) is 0.0829. The second-order valence-electron chi connectivity index (χ2n) is 5.01. The van der Waals surface area contributed by atoms with E-state index in [9.17, 15) is 18.7 Å². The number of carbonyl (C=O) groups excluding carboxylic acids is 1. The molecule has 0 bridgehead atoms. The van der Waals surface area contributed by atoms with Crippen LogP contribution >= 0.6 is 0 Å². The Labute approximate surface area is 121 Å². The number of hydrogen-bond acceptors (Lipinski definition) is 4. The summed E-state index contributed by atoms with van der Waals surface area (Å²) < 4.78 is 29.0. The molecule has 5 nitrogen and oxygen atoms in total. The molecule has 2 rings (SSSR count). The Morgan fingerprint density at radius 3 is 2.95 bits per heavy atom. The third kappa shape index (κ3) is 4.63. The average Bonchev–Trinajstić information content (AvgIpc) is 2.48. The summed E-state index contributed by atoms with van der Waals surface area (Å²) in [7, 11) is 0. The fourth-order valence-corrected chi connectivity index (χ4v) is 2.31. The van der Waals surface area contributed by atoms with E-state index in [1.54, 1.807) is 0 Å². The predicted molar refractivity (Wildman–Crippen MR) is 71.5 cm³/mol. The number of nitrogens with one attached hydrogen (secondary N) is 1. The Bertz CT molecular complexity index is 485. The Hall–Kier alpha value is -1.76. The first-order valence-corrected chi connectivity index (χ1v) is 6.92. The summed E-state index contributed by atoms with van der Waals surface area (Å²) in [6.45, 7) is -0.730. The van der Waals surface area contributed by atoms with E-state index in [1.807, 2.05) is 0 Å². The highest BCUT2D eigenvalue weighted by Crippen LogP contribution is 2.19. The molecule has 0 aliphatic heterocycles. The van der Waals surface area contributed by atoms with Crippen molar-refractivity contribution >= 4 is 5.91 Å². The topological polar surface area (TPSA) is 71.5 Å². The molecule has 1 aromatic heterocycles. The van der Waals surface area contributed by atoms with Crippen LogP contribution in [0.15, 0.2) is 18.3 Å². The summed E-state index contributed by atoms with van der Waals surface area (Å²) in [6.07, 6.45) is 1.47. The maximum absolute atomic E-state index is 12.1. The van der Waals surface area contributed by atoms with Crippen molar-refractivity contribution < 1.29 is 23.4 Å². The van der Waals surface area contributed by atoms with E-state index in [0.29, 0.717) is 12.8 Å². The van der Waals surface area contributed by atoms with Crippen LogP contribution in [0.2, 0.25) is 0 Å². The lowest BCUT2D eigenvalue weighted by Crippen LogP contribution is -2.45. The molecule has 0 radical (unpaired) electrons. The van der Waals surface area contributed by atoms with Crippen LogP contribution in [0.3, 0.4) is 0 Å². The zero-order valence-corrected chi connectivity index (χ0v) is 11.5. The molecule has 1 amide bonds.